The summed E-state index contributed by atoms with van der Waals surface area (Å²) in [6, 6.07) is 63.7. The number of hydrogen-bond acceptors (Lipinski definition) is 0. The van der Waals surface area contributed by atoms with Gasteiger partial charge in [-0.25, -0.2) is 0 Å². The van der Waals surface area contributed by atoms with Crippen LogP contribution in [-0.4, -0.2) is 20.8 Å². The minimum absolute atomic E-state index is 0. The van der Waals surface area contributed by atoms with E-state index < -0.39 is 83.5 Å². The van der Waals surface area contributed by atoms with Crippen LogP contribution in [0.1, 0.15) is 45.9 Å². The molecule has 0 heterocycles. The summed E-state index contributed by atoms with van der Waals surface area (Å²) in [4.78, 5) is 0.504. The normalized spacial score (nSPS) is 13.5. The van der Waals surface area contributed by atoms with E-state index in [1.165, 1.54) is 57.3 Å². The first kappa shape index (κ1) is 57.7. The molecular weight excluding hydrogens is 1110 g/mol. The molecule has 10 aromatic carbocycles. The fourth-order valence-electron chi connectivity index (χ4n) is 9.71. The smallest absolute Gasteiger partial charge is 0.165 e. The number of halogens is 10. The summed E-state index contributed by atoms with van der Waals surface area (Å²) in [5.74, 6) is -23.2. The third-order valence-corrected chi connectivity index (χ3v) is 14.9. The first-order valence-electron chi connectivity index (χ1n) is 24.7. The maximum Gasteiger partial charge on any atom is 2.00 e. The van der Waals surface area contributed by atoms with E-state index in [9.17, 15) is 43.9 Å². The summed E-state index contributed by atoms with van der Waals surface area (Å²) in [6.07, 6.45) is 5.91. The van der Waals surface area contributed by atoms with Crippen molar-refractivity contribution in [2.45, 2.75) is 26.9 Å². The number of hydrogen-bond donors (Lipinski definition) is 0. The van der Waals surface area contributed by atoms with Crippen molar-refractivity contribution in [3.05, 3.63) is 301 Å². The van der Waals surface area contributed by atoms with Crippen LogP contribution in [0.3, 0.4) is 0 Å². The number of aryl methyl sites for hydroxylation is 1. The van der Waals surface area contributed by atoms with Gasteiger partial charge in [-0.2, -0.15) is 6.07 Å². The molecule has 0 fully saturated rings. The number of rotatable bonds is 7. The monoisotopic (exact) mass is 1160 g/mol. The second kappa shape index (κ2) is 25.1. The zero-order chi connectivity index (χ0) is 55.4. The van der Waals surface area contributed by atoms with Crippen LogP contribution in [0.15, 0.2) is 188 Å². The SMILES string of the molecule is CC1C(=Bc2c(F)c(F)c(F)c(F)c2F)c2cccc(=[Si](C)C)c2=C1c1c(F)c(F)c(F)c(F)c1F.Cc1cc2ccc3ccccc3c2[cH-]1.[C-](=C(C(=Cc1ccccc1)c1ccccc1)c1ccccc1)c1ccccc1.[Zr+2]. The van der Waals surface area contributed by atoms with Gasteiger partial charge in [-0.05, 0) is 5.56 Å². The molecule has 0 amide bonds. The van der Waals surface area contributed by atoms with Crippen LogP contribution in [0.2, 0.25) is 13.1 Å². The van der Waals surface area contributed by atoms with Gasteiger partial charge in [0.1, 0.15) is 0 Å². The Morgan fingerprint density at radius 1 is 0.532 bits per heavy atom. The van der Waals surface area contributed by atoms with Crippen molar-refractivity contribution < 1.29 is 70.1 Å². The van der Waals surface area contributed by atoms with E-state index in [0.717, 1.165) is 22.3 Å². The molecule has 390 valence electrons. The van der Waals surface area contributed by atoms with Crippen LogP contribution in [0, 0.1) is 81.9 Å². The van der Waals surface area contributed by atoms with Crippen molar-refractivity contribution in [1.29, 1.82) is 0 Å². The molecule has 1 aliphatic carbocycles. The average Bonchev–Trinajstić information content (AvgIpc) is 4.21. The molecule has 11 rings (SSSR count). The van der Waals surface area contributed by atoms with Gasteiger partial charge in [0.25, 0.3) is 0 Å². The van der Waals surface area contributed by atoms with Crippen LogP contribution in [0.5, 0.6) is 0 Å². The summed E-state index contributed by atoms with van der Waals surface area (Å²) in [5, 5.41) is 5.49. The first-order valence-corrected chi connectivity index (χ1v) is 27.2. The summed E-state index contributed by atoms with van der Waals surface area (Å²) >= 11 is 0. The van der Waals surface area contributed by atoms with Gasteiger partial charge in [0.2, 0.25) is 0 Å². The molecule has 1 atom stereocenters. The summed E-state index contributed by atoms with van der Waals surface area (Å²) in [6.45, 7) is 7.63. The van der Waals surface area contributed by atoms with E-state index >= 15 is 0 Å². The Morgan fingerprint density at radius 2 is 1.03 bits per heavy atom. The zero-order valence-electron chi connectivity index (χ0n) is 42.9. The third kappa shape index (κ3) is 11.9. The van der Waals surface area contributed by atoms with Crippen LogP contribution in [0.25, 0.3) is 44.3 Å². The average molecular weight is 1160 g/mol. The maximum atomic E-state index is 14.9. The molecule has 10 aromatic rings. The molecule has 0 bridgehead atoms. The Labute approximate surface area is 472 Å². The minimum atomic E-state index is -2.37. The molecule has 0 saturated heterocycles. The zero-order valence-corrected chi connectivity index (χ0v) is 46.4. The van der Waals surface area contributed by atoms with Crippen molar-refractivity contribution in [1.82, 2.24) is 0 Å². The topological polar surface area (TPSA) is 0 Å². The molecule has 1 aliphatic rings. The molecule has 0 aromatic heterocycles. The largest absolute Gasteiger partial charge is 2.00 e. The molecule has 13 heteroatoms. The first-order chi connectivity index (χ1) is 37.5. The van der Waals surface area contributed by atoms with Crippen molar-refractivity contribution >= 4 is 70.6 Å². The van der Waals surface area contributed by atoms with E-state index in [0.29, 0.717) is 11.7 Å². The fourth-order valence-corrected chi connectivity index (χ4v) is 10.9. The molecule has 0 nitrogen and oxygen atoms in total. The summed E-state index contributed by atoms with van der Waals surface area (Å²) in [7, 11) is -1.45. The van der Waals surface area contributed by atoms with Gasteiger partial charge in [0, 0.05) is 0 Å². The van der Waals surface area contributed by atoms with Crippen molar-refractivity contribution in [3.8, 4) is 0 Å². The van der Waals surface area contributed by atoms with Gasteiger partial charge in [0.15, 0.2) is 0 Å². The fraction of sp³-hybridized carbons (Fsp3) is 0.0758. The van der Waals surface area contributed by atoms with Gasteiger partial charge in [0.05, 0.1) is 0 Å². The van der Waals surface area contributed by atoms with E-state index in [1.807, 2.05) is 30.3 Å². The van der Waals surface area contributed by atoms with Gasteiger partial charge in [-0.3, -0.25) is 0 Å². The van der Waals surface area contributed by atoms with E-state index in [-0.39, 0.29) is 48.0 Å². The molecule has 0 radical (unpaired) electrons. The standard InChI is InChI=1S/C28H21.C24H13BF10Si.C14H11.Zr/c1-5-13-23(14-6-1)21-27(25-17-9-3-10-18-25)28(26-19-11-4-12-20-26)22-24-15-7-2-8-16-24;1-7-10(12-15(26)19(30)23(34)20(31)16(12)27)11-8(5-4-6-9(11)36(2)3)13(7)25-14-17(28)21(32)24(35)22(33)18(14)29;1-10-8-12-7-6-11-4-2-3-5-13(11)14(12)9-10;/h1-21H;4-7H,1-3H3;2-9H,1H3;/q-1;;-1;+2. The molecule has 1 unspecified atom stereocenters. The Bertz CT molecular complexity index is 3970. The van der Waals surface area contributed by atoms with Gasteiger partial charge >= 0.3 is 225 Å². The molecule has 0 saturated carbocycles. The van der Waals surface area contributed by atoms with Gasteiger partial charge in [-0.15, -0.1) is 57.8 Å². The predicted octanol–water partition coefficient (Wildman–Crippen LogP) is 16.2. The number of allylic oxidation sites excluding steroid dienone is 2. The van der Waals surface area contributed by atoms with E-state index in [2.05, 4.69) is 159 Å². The third-order valence-electron chi connectivity index (χ3n) is 13.4. The Morgan fingerprint density at radius 3 is 1.61 bits per heavy atom. The Kier molecular flexibility index (Phi) is 18.3. The number of fused-ring (bicyclic) bond motifs is 4. The van der Waals surface area contributed by atoms with E-state index in [4.69, 9.17) is 0 Å². The van der Waals surface area contributed by atoms with Crippen molar-refractivity contribution in [2.75, 3.05) is 0 Å². The van der Waals surface area contributed by atoms with Gasteiger partial charge in [-0.1, -0.05) is 180 Å². The second-order valence-electron chi connectivity index (χ2n) is 18.8. The van der Waals surface area contributed by atoms with Crippen LogP contribution in [0.4, 0.5) is 43.9 Å². The van der Waals surface area contributed by atoms with Crippen molar-refractivity contribution in [3.63, 3.8) is 0 Å². The van der Waals surface area contributed by atoms with Crippen LogP contribution in [-0.2, 0) is 26.2 Å². The molecule has 0 N–H and O–H groups in total. The molecule has 0 spiro atoms. The van der Waals surface area contributed by atoms with Crippen molar-refractivity contribution in [2.24, 2.45) is 5.92 Å². The van der Waals surface area contributed by atoms with Crippen LogP contribution < -0.4 is 10.7 Å². The Hall–Kier alpha value is -7.47. The maximum absolute atomic E-state index is 14.9. The molecule has 0 aliphatic heterocycles. The summed E-state index contributed by atoms with van der Waals surface area (Å²) in [5.41, 5.74) is 5.24. The number of benzene rings is 9. The van der Waals surface area contributed by atoms with Gasteiger partial charge < -0.3 is 0 Å². The molecule has 79 heavy (non-hydrogen) atoms. The molecular formula is C66H45BF10SiZr. The minimum Gasteiger partial charge on any atom is -0.165 e. The quantitative estimate of drug-likeness (QED) is 0.0284. The second-order valence-corrected chi connectivity index (χ2v) is 21.3. The predicted molar refractivity (Wildman–Crippen MR) is 297 cm³/mol. The Balaban J connectivity index is 0.000000168. The summed E-state index contributed by atoms with van der Waals surface area (Å²) < 4.78 is 142. The van der Waals surface area contributed by atoms with Crippen LogP contribution >= 0.6 is 0 Å². The van der Waals surface area contributed by atoms with E-state index in [1.54, 1.807) is 19.2 Å².